The highest BCUT2D eigenvalue weighted by Gasteiger charge is 2.28. The van der Waals surface area contributed by atoms with Gasteiger partial charge in [-0.25, -0.2) is 8.42 Å². The van der Waals surface area contributed by atoms with E-state index in [0.717, 1.165) is 18.4 Å². The van der Waals surface area contributed by atoms with Crippen LogP contribution in [0.3, 0.4) is 0 Å². The molecule has 160 valence electrons. The van der Waals surface area contributed by atoms with Gasteiger partial charge in [0.1, 0.15) is 5.75 Å². The molecule has 0 spiro atoms. The molecule has 0 aliphatic heterocycles. The number of sulfonamides is 1. The second-order valence-corrected chi connectivity index (χ2v) is 9.33. The number of carbonyl (C=O) groups is 1. The fraction of sp³-hybridized carbons (Fsp3) is 0.208. The van der Waals surface area contributed by atoms with Crippen molar-refractivity contribution in [1.29, 1.82) is 0 Å². The first-order chi connectivity index (χ1) is 15.0. The van der Waals surface area contributed by atoms with Gasteiger partial charge >= 0.3 is 0 Å². The molecule has 31 heavy (non-hydrogen) atoms. The molecular weight excluding hydrogens is 412 g/mol. The lowest BCUT2D eigenvalue weighted by Crippen LogP contribution is -2.31. The molecule has 4 rings (SSSR count). The van der Waals surface area contributed by atoms with Crippen molar-refractivity contribution in [3.8, 4) is 5.75 Å². The first kappa shape index (κ1) is 20.9. The number of hydrogen-bond acceptors (Lipinski definition) is 4. The maximum absolute atomic E-state index is 13.7. The lowest BCUT2D eigenvalue weighted by Gasteiger charge is -2.25. The van der Waals surface area contributed by atoms with Crippen molar-refractivity contribution in [2.75, 3.05) is 11.4 Å². The lowest BCUT2D eigenvalue weighted by atomic mass is 10.2. The molecule has 1 amide bonds. The summed E-state index contributed by atoms with van der Waals surface area (Å²) in [5.74, 6) is 0.387. The van der Waals surface area contributed by atoms with Crippen LogP contribution >= 0.6 is 0 Å². The van der Waals surface area contributed by atoms with Gasteiger partial charge in [-0.05, 0) is 60.9 Å². The molecule has 0 radical (unpaired) electrons. The fourth-order valence-electron chi connectivity index (χ4n) is 3.23. The summed E-state index contributed by atoms with van der Waals surface area (Å²) in [5.41, 5.74) is 1.70. The highest BCUT2D eigenvalue weighted by atomic mass is 32.2. The Bertz CT molecular complexity index is 1160. The van der Waals surface area contributed by atoms with Crippen LogP contribution in [0.5, 0.6) is 5.75 Å². The van der Waals surface area contributed by atoms with Crippen molar-refractivity contribution < 1.29 is 17.9 Å². The molecule has 1 aliphatic rings. The number of benzene rings is 3. The topological polar surface area (TPSA) is 75.7 Å². The Morgan fingerprint density at radius 2 is 1.71 bits per heavy atom. The minimum atomic E-state index is -3.93. The van der Waals surface area contributed by atoms with Gasteiger partial charge in [0.05, 0.1) is 24.2 Å². The zero-order valence-electron chi connectivity index (χ0n) is 17.2. The van der Waals surface area contributed by atoms with E-state index in [4.69, 9.17) is 4.74 Å². The highest BCUT2D eigenvalue weighted by Crippen LogP contribution is 2.28. The van der Waals surface area contributed by atoms with Gasteiger partial charge in [-0.1, -0.05) is 36.4 Å². The van der Waals surface area contributed by atoms with E-state index in [1.165, 1.54) is 16.4 Å². The van der Waals surface area contributed by atoms with E-state index < -0.39 is 10.0 Å². The predicted molar refractivity (Wildman–Crippen MR) is 120 cm³/mol. The van der Waals surface area contributed by atoms with Crippen LogP contribution < -0.4 is 14.4 Å². The molecule has 7 heteroatoms. The van der Waals surface area contributed by atoms with Crippen LogP contribution in [-0.2, 0) is 16.6 Å². The standard InChI is InChI=1S/C24H24N2O4S/c1-30-22-14-12-21(13-15-22)26(17-18-6-3-2-4-7-18)31(28,29)23-9-5-8-19(16-23)24(27)25-20-10-11-20/h2-9,12-16,20H,10-11,17H2,1H3,(H,25,27). The quantitative estimate of drug-likeness (QED) is 0.580. The van der Waals surface area contributed by atoms with Crippen molar-refractivity contribution >= 4 is 21.6 Å². The van der Waals surface area contributed by atoms with E-state index >= 15 is 0 Å². The first-order valence-corrected chi connectivity index (χ1v) is 11.5. The number of nitrogens with one attached hydrogen (secondary N) is 1. The maximum atomic E-state index is 13.7. The molecule has 0 aromatic heterocycles. The molecule has 3 aromatic rings. The second-order valence-electron chi connectivity index (χ2n) is 7.47. The molecule has 1 aliphatic carbocycles. The number of ether oxygens (including phenoxy) is 1. The number of methoxy groups -OCH3 is 1. The Labute approximate surface area is 182 Å². The molecular formula is C24H24N2O4S. The van der Waals surface area contributed by atoms with Crippen molar-refractivity contribution in [3.63, 3.8) is 0 Å². The Kier molecular flexibility index (Phi) is 5.95. The summed E-state index contributed by atoms with van der Waals surface area (Å²) < 4.78 is 33.9. The van der Waals surface area contributed by atoms with E-state index in [-0.39, 0.29) is 23.4 Å². The van der Waals surface area contributed by atoms with E-state index in [0.29, 0.717) is 17.0 Å². The molecule has 1 fully saturated rings. The smallest absolute Gasteiger partial charge is 0.264 e. The third-order valence-electron chi connectivity index (χ3n) is 5.13. The first-order valence-electron chi connectivity index (χ1n) is 10.1. The van der Waals surface area contributed by atoms with Crippen LogP contribution in [0.1, 0.15) is 28.8 Å². The molecule has 0 unspecified atom stereocenters. The van der Waals surface area contributed by atoms with Crippen LogP contribution in [-0.4, -0.2) is 27.5 Å². The largest absolute Gasteiger partial charge is 0.497 e. The maximum Gasteiger partial charge on any atom is 0.264 e. The molecule has 1 N–H and O–H groups in total. The number of carbonyl (C=O) groups excluding carboxylic acids is 1. The van der Waals surface area contributed by atoms with Crippen molar-refractivity contribution in [2.45, 2.75) is 30.3 Å². The Morgan fingerprint density at radius 3 is 2.35 bits per heavy atom. The second kappa shape index (κ2) is 8.81. The summed E-state index contributed by atoms with van der Waals surface area (Å²) in [5, 5.41) is 2.90. The summed E-state index contributed by atoms with van der Waals surface area (Å²) in [6.07, 6.45) is 1.93. The summed E-state index contributed by atoms with van der Waals surface area (Å²) in [4.78, 5) is 12.5. The zero-order chi connectivity index (χ0) is 21.8. The zero-order valence-corrected chi connectivity index (χ0v) is 18.0. The van der Waals surface area contributed by atoms with Gasteiger partial charge in [-0.2, -0.15) is 0 Å². The number of hydrogen-bond donors (Lipinski definition) is 1. The monoisotopic (exact) mass is 436 g/mol. The molecule has 0 bridgehead atoms. The SMILES string of the molecule is COc1ccc(N(Cc2ccccc2)S(=O)(=O)c2cccc(C(=O)NC3CC3)c2)cc1. The summed E-state index contributed by atoms with van der Waals surface area (Å²) in [6.45, 7) is 0.161. The van der Waals surface area contributed by atoms with Gasteiger partial charge in [-0.15, -0.1) is 0 Å². The summed E-state index contributed by atoms with van der Waals surface area (Å²) >= 11 is 0. The van der Waals surface area contributed by atoms with Crippen LogP contribution in [0.15, 0.2) is 83.8 Å². The average Bonchev–Trinajstić information content (AvgIpc) is 3.62. The molecule has 0 atom stereocenters. The number of anilines is 1. The molecule has 1 saturated carbocycles. The average molecular weight is 437 g/mol. The Hall–Kier alpha value is -3.32. The minimum absolute atomic E-state index is 0.0719. The van der Waals surface area contributed by atoms with Crippen LogP contribution in [0.4, 0.5) is 5.69 Å². The summed E-state index contributed by atoms with van der Waals surface area (Å²) in [6, 6.07) is 22.6. The molecule has 0 heterocycles. The van der Waals surface area contributed by atoms with Gasteiger partial charge in [0.25, 0.3) is 15.9 Å². The van der Waals surface area contributed by atoms with E-state index in [1.807, 2.05) is 30.3 Å². The van der Waals surface area contributed by atoms with Crippen LogP contribution in [0.25, 0.3) is 0 Å². The van der Waals surface area contributed by atoms with Gasteiger partial charge in [0, 0.05) is 11.6 Å². The van der Waals surface area contributed by atoms with Crippen molar-refractivity contribution in [3.05, 3.63) is 90.0 Å². The highest BCUT2D eigenvalue weighted by molar-refractivity contribution is 7.92. The van der Waals surface area contributed by atoms with Crippen molar-refractivity contribution in [1.82, 2.24) is 5.32 Å². The minimum Gasteiger partial charge on any atom is -0.497 e. The van der Waals surface area contributed by atoms with E-state index in [2.05, 4.69) is 5.32 Å². The van der Waals surface area contributed by atoms with E-state index in [9.17, 15) is 13.2 Å². The number of nitrogens with zero attached hydrogens (tertiary/aromatic N) is 1. The van der Waals surface area contributed by atoms with Crippen LogP contribution in [0, 0.1) is 0 Å². The fourth-order valence-corrected chi connectivity index (χ4v) is 4.73. The lowest BCUT2D eigenvalue weighted by molar-refractivity contribution is 0.0951. The van der Waals surface area contributed by atoms with Gasteiger partial charge < -0.3 is 10.1 Å². The van der Waals surface area contributed by atoms with Crippen LogP contribution in [0.2, 0.25) is 0 Å². The Balaban J connectivity index is 1.71. The third kappa shape index (κ3) is 4.88. The number of amides is 1. The Morgan fingerprint density at radius 1 is 1.00 bits per heavy atom. The van der Waals surface area contributed by atoms with Crippen molar-refractivity contribution in [2.24, 2.45) is 0 Å². The van der Waals surface area contributed by atoms with E-state index in [1.54, 1.807) is 43.5 Å². The van der Waals surface area contributed by atoms with Gasteiger partial charge in [-0.3, -0.25) is 9.10 Å². The molecule has 3 aromatic carbocycles. The molecule has 0 saturated heterocycles. The normalized spacial score (nSPS) is 13.5. The predicted octanol–water partition coefficient (Wildman–Crippen LogP) is 3.98. The number of rotatable bonds is 8. The summed E-state index contributed by atoms with van der Waals surface area (Å²) in [7, 11) is -2.37. The van der Waals surface area contributed by atoms with Gasteiger partial charge in [0.15, 0.2) is 0 Å². The van der Waals surface area contributed by atoms with Gasteiger partial charge in [0.2, 0.25) is 0 Å². The third-order valence-corrected chi connectivity index (χ3v) is 6.90. The molecule has 6 nitrogen and oxygen atoms in total.